The minimum absolute atomic E-state index is 0.129. The summed E-state index contributed by atoms with van der Waals surface area (Å²) in [5.74, 6) is -0.129. The summed E-state index contributed by atoms with van der Waals surface area (Å²) in [4.78, 5) is 0.889. The van der Waals surface area contributed by atoms with Crippen molar-refractivity contribution in [2.45, 2.75) is 26.3 Å². The molecule has 0 radical (unpaired) electrons. The molecule has 0 saturated carbocycles. The zero-order chi connectivity index (χ0) is 15.3. The van der Waals surface area contributed by atoms with Crippen molar-refractivity contribution in [3.63, 3.8) is 0 Å². The number of rotatable bonds is 6. The van der Waals surface area contributed by atoms with Gasteiger partial charge in [-0.05, 0) is 35.7 Å². The molecule has 6 heteroatoms. The highest BCUT2D eigenvalue weighted by Crippen LogP contribution is 2.37. The van der Waals surface area contributed by atoms with Crippen LogP contribution in [0.15, 0.2) is 35.7 Å². The van der Waals surface area contributed by atoms with Crippen molar-refractivity contribution in [1.82, 2.24) is 5.32 Å². The number of hydrogen-bond donors (Lipinski definition) is 1. The fourth-order valence-corrected chi connectivity index (χ4v) is 2.46. The van der Waals surface area contributed by atoms with E-state index in [0.29, 0.717) is 18.7 Å². The summed E-state index contributed by atoms with van der Waals surface area (Å²) < 4.78 is 44.7. The molecule has 2 aromatic rings. The molecule has 1 aromatic carbocycles. The van der Waals surface area contributed by atoms with E-state index in [2.05, 4.69) is 5.32 Å². The third kappa shape index (κ3) is 4.47. The summed E-state index contributed by atoms with van der Waals surface area (Å²) in [6.07, 6.45) is -4.42. The number of halogens is 3. The summed E-state index contributed by atoms with van der Waals surface area (Å²) in [5, 5.41) is 4.87. The first-order valence-corrected chi connectivity index (χ1v) is 7.44. The molecular formula is C15H16F3NOS. The molecular weight excluding hydrogens is 299 g/mol. The Kier molecular flexibility index (Phi) is 5.25. The lowest BCUT2D eigenvalue weighted by atomic mass is 10.1. The zero-order valence-electron chi connectivity index (χ0n) is 11.5. The average Bonchev–Trinajstić information content (AvgIpc) is 2.95. The number of ether oxygens (including phenoxy) is 1. The molecule has 0 unspecified atom stereocenters. The van der Waals surface area contributed by atoms with Gasteiger partial charge in [-0.25, -0.2) is 0 Å². The molecule has 0 amide bonds. The quantitative estimate of drug-likeness (QED) is 0.850. The molecule has 0 saturated heterocycles. The molecule has 0 aliphatic heterocycles. The van der Waals surface area contributed by atoms with E-state index in [1.54, 1.807) is 6.07 Å². The second-order valence-electron chi connectivity index (χ2n) is 4.48. The van der Waals surface area contributed by atoms with Gasteiger partial charge < -0.3 is 10.1 Å². The lowest BCUT2D eigenvalue weighted by Crippen LogP contribution is -2.14. The first-order valence-electron chi connectivity index (χ1n) is 6.56. The largest absolute Gasteiger partial charge is 0.487 e. The average molecular weight is 315 g/mol. The van der Waals surface area contributed by atoms with Crippen LogP contribution in [-0.4, -0.2) is 6.54 Å². The molecule has 114 valence electrons. The normalized spacial score (nSPS) is 11.6. The lowest BCUT2D eigenvalue weighted by Gasteiger charge is -2.15. The van der Waals surface area contributed by atoms with Crippen molar-refractivity contribution in [1.29, 1.82) is 0 Å². The molecule has 0 aliphatic rings. The highest BCUT2D eigenvalue weighted by molar-refractivity contribution is 7.09. The minimum atomic E-state index is -4.42. The molecule has 0 bridgehead atoms. The third-order valence-electron chi connectivity index (χ3n) is 2.88. The minimum Gasteiger partial charge on any atom is -0.487 e. The Morgan fingerprint density at radius 3 is 2.67 bits per heavy atom. The number of nitrogens with one attached hydrogen (secondary N) is 1. The molecule has 0 spiro atoms. The number of thiophene rings is 1. The predicted molar refractivity (Wildman–Crippen MR) is 77.5 cm³/mol. The summed E-state index contributed by atoms with van der Waals surface area (Å²) in [7, 11) is 0. The van der Waals surface area contributed by atoms with Gasteiger partial charge >= 0.3 is 6.18 Å². The summed E-state index contributed by atoms with van der Waals surface area (Å²) in [6, 6.07) is 7.86. The van der Waals surface area contributed by atoms with Gasteiger partial charge in [-0.3, -0.25) is 0 Å². The van der Waals surface area contributed by atoms with Crippen LogP contribution in [0.1, 0.15) is 22.9 Å². The Labute approximate surface area is 125 Å². The second kappa shape index (κ2) is 6.95. The van der Waals surface area contributed by atoms with Gasteiger partial charge in [0.05, 0.1) is 5.56 Å². The van der Waals surface area contributed by atoms with Crippen LogP contribution in [0.5, 0.6) is 5.75 Å². The lowest BCUT2D eigenvalue weighted by molar-refractivity contribution is -0.139. The van der Waals surface area contributed by atoms with Crippen LogP contribution in [-0.2, 0) is 19.3 Å². The van der Waals surface area contributed by atoms with Crippen molar-refractivity contribution in [2.24, 2.45) is 0 Å². The second-order valence-corrected chi connectivity index (χ2v) is 5.51. The summed E-state index contributed by atoms with van der Waals surface area (Å²) in [5.41, 5.74) is -0.137. The zero-order valence-corrected chi connectivity index (χ0v) is 12.4. The van der Waals surface area contributed by atoms with Crippen LogP contribution in [0.2, 0.25) is 0 Å². The fraction of sp³-hybridized carbons (Fsp3) is 0.333. The van der Waals surface area contributed by atoms with Crippen molar-refractivity contribution in [2.75, 3.05) is 6.54 Å². The monoisotopic (exact) mass is 315 g/mol. The van der Waals surface area contributed by atoms with E-state index in [1.807, 2.05) is 24.4 Å². The number of benzene rings is 1. The van der Waals surface area contributed by atoms with E-state index in [1.165, 1.54) is 17.4 Å². The third-order valence-corrected chi connectivity index (χ3v) is 3.73. The van der Waals surface area contributed by atoms with Crippen LogP contribution in [0.3, 0.4) is 0 Å². The maximum Gasteiger partial charge on any atom is 0.419 e. The smallest absolute Gasteiger partial charge is 0.419 e. The molecule has 1 N–H and O–H groups in total. The molecule has 21 heavy (non-hydrogen) atoms. The topological polar surface area (TPSA) is 21.3 Å². The van der Waals surface area contributed by atoms with Crippen LogP contribution >= 0.6 is 11.3 Å². The first kappa shape index (κ1) is 15.9. The molecule has 0 fully saturated rings. The molecule has 0 atom stereocenters. The molecule has 2 nitrogen and oxygen atoms in total. The Bertz CT molecular complexity index is 567. The Morgan fingerprint density at radius 2 is 2.05 bits per heavy atom. The van der Waals surface area contributed by atoms with Crippen LogP contribution in [0.4, 0.5) is 13.2 Å². The molecule has 0 aliphatic carbocycles. The van der Waals surface area contributed by atoms with Crippen molar-refractivity contribution in [3.05, 3.63) is 51.7 Å². The van der Waals surface area contributed by atoms with Gasteiger partial charge in [-0.2, -0.15) is 13.2 Å². The standard InChI is InChI=1S/C15H16F3NOS/c1-2-19-9-11-5-6-14(13(8-11)15(16,17)18)20-10-12-4-3-7-21-12/h3-8,19H,2,9-10H2,1H3. The van der Waals surface area contributed by atoms with E-state index in [9.17, 15) is 13.2 Å². The Hall–Kier alpha value is -1.53. The van der Waals surface area contributed by atoms with E-state index in [4.69, 9.17) is 4.74 Å². The molecule has 1 heterocycles. The van der Waals surface area contributed by atoms with Gasteiger partial charge in [-0.1, -0.05) is 19.1 Å². The highest BCUT2D eigenvalue weighted by Gasteiger charge is 2.34. The van der Waals surface area contributed by atoms with Gasteiger partial charge in [0.2, 0.25) is 0 Å². The van der Waals surface area contributed by atoms with Gasteiger partial charge in [0.15, 0.2) is 0 Å². The van der Waals surface area contributed by atoms with E-state index in [0.717, 1.165) is 10.9 Å². The van der Waals surface area contributed by atoms with Crippen LogP contribution in [0.25, 0.3) is 0 Å². The van der Waals surface area contributed by atoms with Crippen LogP contribution < -0.4 is 10.1 Å². The van der Waals surface area contributed by atoms with E-state index in [-0.39, 0.29) is 12.4 Å². The highest BCUT2D eigenvalue weighted by atomic mass is 32.1. The van der Waals surface area contributed by atoms with E-state index >= 15 is 0 Å². The Morgan fingerprint density at radius 1 is 1.24 bits per heavy atom. The maximum atomic E-state index is 13.1. The summed E-state index contributed by atoms with van der Waals surface area (Å²) >= 11 is 1.45. The van der Waals surface area contributed by atoms with E-state index < -0.39 is 11.7 Å². The SMILES string of the molecule is CCNCc1ccc(OCc2cccs2)c(C(F)(F)F)c1. The van der Waals surface area contributed by atoms with Gasteiger partial charge in [0.25, 0.3) is 0 Å². The van der Waals surface area contributed by atoms with Gasteiger partial charge in [0, 0.05) is 11.4 Å². The van der Waals surface area contributed by atoms with Crippen LogP contribution in [0, 0.1) is 0 Å². The molecule has 2 rings (SSSR count). The summed E-state index contributed by atoms with van der Waals surface area (Å²) in [6.45, 7) is 3.17. The first-order chi connectivity index (χ1) is 10.0. The van der Waals surface area contributed by atoms with Gasteiger partial charge in [0.1, 0.15) is 12.4 Å². The van der Waals surface area contributed by atoms with Crippen molar-refractivity contribution in [3.8, 4) is 5.75 Å². The fourth-order valence-electron chi connectivity index (χ4n) is 1.85. The van der Waals surface area contributed by atoms with Gasteiger partial charge in [-0.15, -0.1) is 11.3 Å². The Balaban J connectivity index is 2.18. The van der Waals surface area contributed by atoms with Crippen molar-refractivity contribution >= 4 is 11.3 Å². The predicted octanol–water partition coefficient (Wildman–Crippen LogP) is 4.46. The number of hydrogen-bond acceptors (Lipinski definition) is 3. The van der Waals surface area contributed by atoms with Crippen molar-refractivity contribution < 1.29 is 17.9 Å². The number of alkyl halides is 3. The molecule has 1 aromatic heterocycles. The maximum absolute atomic E-state index is 13.1.